The number of hydrogen-bond acceptors (Lipinski definition) is 5. The Morgan fingerprint density at radius 3 is 3.00 bits per heavy atom. The van der Waals surface area contributed by atoms with E-state index in [2.05, 4.69) is 20.5 Å². The Morgan fingerprint density at radius 1 is 1.33 bits per heavy atom. The second-order valence-electron chi connectivity index (χ2n) is 6.48. The van der Waals surface area contributed by atoms with Crippen LogP contribution in [0.25, 0.3) is 0 Å². The molecule has 140 valence electrons. The van der Waals surface area contributed by atoms with Crippen molar-refractivity contribution in [3.63, 3.8) is 0 Å². The summed E-state index contributed by atoms with van der Waals surface area (Å²) >= 11 is 6.12. The predicted octanol–water partition coefficient (Wildman–Crippen LogP) is 2.33. The topological polar surface area (TPSA) is 79.7 Å². The van der Waals surface area contributed by atoms with Gasteiger partial charge in [0.1, 0.15) is 16.5 Å². The highest BCUT2D eigenvalue weighted by Crippen LogP contribution is 2.27. The SMILES string of the molecule is CCc1cc(F)ccc1Cn1nnc2c1CCN(c1cn[nH]c(=O)c1Cl)C2. The number of benzene rings is 1. The van der Waals surface area contributed by atoms with Gasteiger partial charge >= 0.3 is 0 Å². The van der Waals surface area contributed by atoms with Gasteiger partial charge in [-0.2, -0.15) is 5.10 Å². The van der Waals surface area contributed by atoms with E-state index in [-0.39, 0.29) is 10.8 Å². The van der Waals surface area contributed by atoms with E-state index in [9.17, 15) is 9.18 Å². The minimum absolute atomic E-state index is 0.125. The Kier molecular flexibility index (Phi) is 4.65. The van der Waals surface area contributed by atoms with Crippen LogP contribution in [0.4, 0.5) is 10.1 Å². The molecule has 3 heterocycles. The number of halogens is 2. The van der Waals surface area contributed by atoms with Crippen LogP contribution >= 0.6 is 11.6 Å². The largest absolute Gasteiger partial charge is 0.362 e. The van der Waals surface area contributed by atoms with Crippen LogP contribution in [0.5, 0.6) is 0 Å². The molecule has 9 heteroatoms. The van der Waals surface area contributed by atoms with Crippen LogP contribution in [-0.4, -0.2) is 31.7 Å². The zero-order chi connectivity index (χ0) is 19.0. The zero-order valence-corrected chi connectivity index (χ0v) is 15.5. The van der Waals surface area contributed by atoms with Gasteiger partial charge in [-0.3, -0.25) is 4.79 Å². The van der Waals surface area contributed by atoms with Crippen molar-refractivity contribution in [1.29, 1.82) is 0 Å². The molecule has 1 aliphatic rings. The molecule has 0 amide bonds. The summed E-state index contributed by atoms with van der Waals surface area (Å²) in [5.41, 5.74) is 4.08. The molecule has 1 N–H and O–H groups in total. The van der Waals surface area contributed by atoms with E-state index in [1.54, 1.807) is 18.3 Å². The van der Waals surface area contributed by atoms with Crippen LogP contribution in [0, 0.1) is 5.82 Å². The van der Waals surface area contributed by atoms with Crippen LogP contribution in [0.15, 0.2) is 29.2 Å². The molecule has 3 aromatic rings. The monoisotopic (exact) mass is 388 g/mol. The molecule has 1 aliphatic heterocycles. The minimum Gasteiger partial charge on any atom is -0.362 e. The van der Waals surface area contributed by atoms with Gasteiger partial charge in [-0.05, 0) is 29.7 Å². The molecule has 0 atom stereocenters. The van der Waals surface area contributed by atoms with Gasteiger partial charge in [0.2, 0.25) is 0 Å². The molecule has 1 aromatic carbocycles. The van der Waals surface area contributed by atoms with Gasteiger partial charge in [-0.15, -0.1) is 5.10 Å². The molecular formula is C18H18ClFN6O. The third-order valence-electron chi connectivity index (χ3n) is 4.86. The Bertz CT molecular complexity index is 1050. The maximum Gasteiger partial charge on any atom is 0.285 e. The van der Waals surface area contributed by atoms with Crippen LogP contribution in [0.3, 0.4) is 0 Å². The lowest BCUT2D eigenvalue weighted by Crippen LogP contribution is -2.32. The Balaban J connectivity index is 1.59. The summed E-state index contributed by atoms with van der Waals surface area (Å²) in [6.45, 7) is 3.74. The molecule has 27 heavy (non-hydrogen) atoms. The van der Waals surface area contributed by atoms with E-state index < -0.39 is 5.56 Å². The lowest BCUT2D eigenvalue weighted by molar-refractivity contribution is 0.597. The van der Waals surface area contributed by atoms with Crippen LogP contribution in [0.1, 0.15) is 29.4 Å². The van der Waals surface area contributed by atoms with Crippen molar-refractivity contribution in [2.45, 2.75) is 32.9 Å². The molecular weight excluding hydrogens is 371 g/mol. The van der Waals surface area contributed by atoms with E-state index in [0.29, 0.717) is 31.7 Å². The summed E-state index contributed by atoms with van der Waals surface area (Å²) in [5, 5.41) is 14.9. The molecule has 0 fully saturated rings. The summed E-state index contributed by atoms with van der Waals surface area (Å²) in [5.74, 6) is -0.227. The number of nitrogens with one attached hydrogen (secondary N) is 1. The van der Waals surface area contributed by atoms with Gasteiger partial charge in [0.15, 0.2) is 0 Å². The molecule has 0 saturated carbocycles. The second kappa shape index (κ2) is 7.11. The number of nitrogens with zero attached hydrogens (tertiary/aromatic N) is 5. The van der Waals surface area contributed by atoms with Gasteiger partial charge in [-0.1, -0.05) is 29.8 Å². The molecule has 7 nitrogen and oxygen atoms in total. The summed E-state index contributed by atoms with van der Waals surface area (Å²) in [4.78, 5) is 13.7. The number of hydrogen-bond donors (Lipinski definition) is 1. The average Bonchev–Trinajstić information content (AvgIpc) is 3.07. The van der Waals surface area contributed by atoms with E-state index in [1.807, 2.05) is 16.5 Å². The van der Waals surface area contributed by atoms with Crippen molar-refractivity contribution in [1.82, 2.24) is 25.2 Å². The fraction of sp³-hybridized carbons (Fsp3) is 0.333. The van der Waals surface area contributed by atoms with Crippen LogP contribution in [0.2, 0.25) is 5.02 Å². The molecule has 0 unspecified atom stereocenters. The Labute approximate surface area is 159 Å². The maximum absolute atomic E-state index is 13.5. The number of aromatic amines is 1. The zero-order valence-electron chi connectivity index (χ0n) is 14.7. The first-order valence-corrected chi connectivity index (χ1v) is 9.11. The van der Waals surface area contributed by atoms with E-state index >= 15 is 0 Å². The van der Waals surface area contributed by atoms with Gasteiger partial charge in [0.05, 0.1) is 30.7 Å². The summed E-state index contributed by atoms with van der Waals surface area (Å²) < 4.78 is 15.3. The first-order valence-electron chi connectivity index (χ1n) is 8.73. The normalized spacial score (nSPS) is 13.7. The number of aromatic nitrogens is 5. The van der Waals surface area contributed by atoms with Gasteiger partial charge in [-0.25, -0.2) is 14.2 Å². The number of aryl methyl sites for hydroxylation is 1. The number of rotatable bonds is 4. The molecule has 0 spiro atoms. The second-order valence-corrected chi connectivity index (χ2v) is 6.85. The van der Waals surface area contributed by atoms with Crippen LogP contribution < -0.4 is 10.5 Å². The highest BCUT2D eigenvalue weighted by Gasteiger charge is 2.24. The first kappa shape index (κ1) is 17.7. The molecule has 0 aliphatic carbocycles. The minimum atomic E-state index is -0.410. The van der Waals surface area contributed by atoms with Crippen molar-refractivity contribution in [2.75, 3.05) is 11.4 Å². The maximum atomic E-state index is 13.5. The molecule has 0 saturated heterocycles. The number of anilines is 1. The van der Waals surface area contributed by atoms with Crippen molar-refractivity contribution < 1.29 is 4.39 Å². The van der Waals surface area contributed by atoms with E-state index in [1.165, 1.54) is 6.07 Å². The fourth-order valence-corrected chi connectivity index (χ4v) is 3.64. The fourth-order valence-electron chi connectivity index (χ4n) is 3.43. The van der Waals surface area contributed by atoms with Crippen molar-refractivity contribution in [3.05, 3.63) is 68.1 Å². The summed E-state index contributed by atoms with van der Waals surface area (Å²) in [6.07, 6.45) is 3.02. The van der Waals surface area contributed by atoms with E-state index in [4.69, 9.17) is 11.6 Å². The van der Waals surface area contributed by atoms with Crippen LogP contribution in [-0.2, 0) is 25.9 Å². The average molecular weight is 389 g/mol. The lowest BCUT2D eigenvalue weighted by Gasteiger charge is -2.28. The van der Waals surface area contributed by atoms with Crippen molar-refractivity contribution in [3.8, 4) is 0 Å². The van der Waals surface area contributed by atoms with Gasteiger partial charge < -0.3 is 4.90 Å². The first-order chi connectivity index (χ1) is 13.1. The van der Waals surface area contributed by atoms with Gasteiger partial charge in [0, 0.05) is 13.0 Å². The highest BCUT2D eigenvalue weighted by molar-refractivity contribution is 6.32. The van der Waals surface area contributed by atoms with E-state index in [0.717, 1.165) is 28.9 Å². The lowest BCUT2D eigenvalue weighted by atomic mass is 10.0. The molecule has 0 radical (unpaired) electrons. The third-order valence-corrected chi connectivity index (χ3v) is 5.23. The highest BCUT2D eigenvalue weighted by atomic mass is 35.5. The third kappa shape index (κ3) is 3.32. The van der Waals surface area contributed by atoms with Crippen molar-refractivity contribution >= 4 is 17.3 Å². The molecule has 0 bridgehead atoms. The smallest absolute Gasteiger partial charge is 0.285 e. The number of fused-ring (bicyclic) bond motifs is 1. The quantitative estimate of drug-likeness (QED) is 0.742. The van der Waals surface area contributed by atoms with Gasteiger partial charge in [0.25, 0.3) is 5.56 Å². The number of H-pyrrole nitrogens is 1. The molecule has 2 aromatic heterocycles. The Morgan fingerprint density at radius 2 is 2.19 bits per heavy atom. The summed E-state index contributed by atoms with van der Waals surface area (Å²) in [7, 11) is 0. The predicted molar refractivity (Wildman–Crippen MR) is 99.5 cm³/mol. The molecule has 4 rings (SSSR count). The van der Waals surface area contributed by atoms with Crippen molar-refractivity contribution in [2.24, 2.45) is 0 Å². The standard InChI is InChI=1S/C18H18ClFN6O/c1-2-11-7-13(20)4-3-12(11)9-26-15-5-6-25(10-14(15)22-24-26)16-8-21-23-18(27)17(16)19/h3-4,7-8H,2,5-6,9-10H2,1H3,(H,23,27). The Hall–Kier alpha value is -2.74. The summed E-state index contributed by atoms with van der Waals surface area (Å²) in [6, 6.07) is 4.85.